The van der Waals surface area contributed by atoms with Gasteiger partial charge in [-0.05, 0) is 43.6 Å². The van der Waals surface area contributed by atoms with Crippen molar-refractivity contribution in [2.75, 3.05) is 23.3 Å². The molecule has 1 fully saturated rings. The van der Waals surface area contributed by atoms with E-state index < -0.39 is 0 Å². The van der Waals surface area contributed by atoms with E-state index in [1.54, 1.807) is 11.3 Å². The third-order valence-corrected chi connectivity index (χ3v) is 4.65. The number of fused-ring (bicyclic) bond motifs is 1. The van der Waals surface area contributed by atoms with Crippen LogP contribution in [0.3, 0.4) is 0 Å². The summed E-state index contributed by atoms with van der Waals surface area (Å²) in [5.74, 6) is 2.61. The molecule has 2 heterocycles. The standard InChI is InChI=1S/C16H24N4S/c1-4-17-16-18-14(13-8-10-21-15(13)19-16)20(12-5-6-12)9-7-11(2)3/h8,10-12H,4-7,9H2,1-3H3,(H,17,18,19). The highest BCUT2D eigenvalue weighted by atomic mass is 32.1. The Morgan fingerprint density at radius 1 is 1.38 bits per heavy atom. The molecule has 0 atom stereocenters. The maximum atomic E-state index is 4.81. The lowest BCUT2D eigenvalue weighted by molar-refractivity contribution is 0.569. The van der Waals surface area contributed by atoms with E-state index in [1.165, 1.54) is 24.6 Å². The second-order valence-electron chi connectivity index (χ2n) is 6.15. The van der Waals surface area contributed by atoms with Crippen molar-refractivity contribution in [1.29, 1.82) is 0 Å². The van der Waals surface area contributed by atoms with Gasteiger partial charge >= 0.3 is 0 Å². The van der Waals surface area contributed by atoms with Crippen LogP contribution >= 0.6 is 11.3 Å². The van der Waals surface area contributed by atoms with Crippen molar-refractivity contribution in [1.82, 2.24) is 9.97 Å². The molecule has 1 N–H and O–H groups in total. The first kappa shape index (κ1) is 14.6. The Bertz CT molecular complexity index is 603. The summed E-state index contributed by atoms with van der Waals surface area (Å²) >= 11 is 1.70. The van der Waals surface area contributed by atoms with Gasteiger partial charge in [-0.15, -0.1) is 11.3 Å². The number of nitrogens with one attached hydrogen (secondary N) is 1. The second kappa shape index (κ2) is 6.18. The minimum atomic E-state index is 0.677. The van der Waals surface area contributed by atoms with Crippen LogP contribution in [0.5, 0.6) is 0 Å². The number of nitrogens with zero attached hydrogens (tertiary/aromatic N) is 3. The summed E-state index contributed by atoms with van der Waals surface area (Å²) in [6, 6.07) is 2.84. The Hall–Kier alpha value is -1.36. The third kappa shape index (κ3) is 3.28. The van der Waals surface area contributed by atoms with Gasteiger partial charge in [0.05, 0.1) is 5.39 Å². The fraction of sp³-hybridized carbons (Fsp3) is 0.625. The number of thiophene rings is 1. The first-order chi connectivity index (χ1) is 10.2. The van der Waals surface area contributed by atoms with Crippen LogP contribution in [0.1, 0.15) is 40.0 Å². The van der Waals surface area contributed by atoms with E-state index in [4.69, 9.17) is 4.98 Å². The lowest BCUT2D eigenvalue weighted by atomic mass is 10.1. The molecule has 3 rings (SSSR count). The number of hydrogen-bond acceptors (Lipinski definition) is 5. The number of anilines is 2. The maximum absolute atomic E-state index is 4.81. The van der Waals surface area contributed by atoms with Crippen LogP contribution in [0.25, 0.3) is 10.2 Å². The predicted octanol–water partition coefficient (Wildman–Crippen LogP) is 4.14. The molecule has 0 radical (unpaired) electrons. The molecule has 0 bridgehead atoms. The molecule has 2 aromatic rings. The fourth-order valence-corrected chi connectivity index (χ4v) is 3.30. The van der Waals surface area contributed by atoms with Gasteiger partial charge in [0.2, 0.25) is 5.95 Å². The van der Waals surface area contributed by atoms with Crippen LogP contribution in [0, 0.1) is 5.92 Å². The molecule has 0 aliphatic heterocycles. The summed E-state index contributed by atoms with van der Waals surface area (Å²) in [6.45, 7) is 8.60. The van der Waals surface area contributed by atoms with Crippen LogP contribution in [-0.4, -0.2) is 29.1 Å². The summed E-state index contributed by atoms with van der Waals surface area (Å²) in [7, 11) is 0. The molecule has 1 saturated carbocycles. The molecule has 1 aliphatic rings. The van der Waals surface area contributed by atoms with Gasteiger partial charge in [-0.1, -0.05) is 13.8 Å². The van der Waals surface area contributed by atoms with E-state index >= 15 is 0 Å². The van der Waals surface area contributed by atoms with Gasteiger partial charge in [0.1, 0.15) is 10.6 Å². The molecule has 2 aromatic heterocycles. The van der Waals surface area contributed by atoms with Gasteiger partial charge in [0.15, 0.2) is 0 Å². The van der Waals surface area contributed by atoms with Crippen molar-refractivity contribution in [2.24, 2.45) is 5.92 Å². The minimum absolute atomic E-state index is 0.677. The predicted molar refractivity (Wildman–Crippen MR) is 91.4 cm³/mol. The smallest absolute Gasteiger partial charge is 0.226 e. The van der Waals surface area contributed by atoms with Crippen molar-refractivity contribution in [3.63, 3.8) is 0 Å². The molecule has 5 heteroatoms. The van der Waals surface area contributed by atoms with Crippen LogP contribution in [0.2, 0.25) is 0 Å². The zero-order valence-electron chi connectivity index (χ0n) is 13.1. The Kier molecular flexibility index (Phi) is 4.29. The molecule has 21 heavy (non-hydrogen) atoms. The van der Waals surface area contributed by atoms with Gasteiger partial charge in [-0.3, -0.25) is 0 Å². The average Bonchev–Trinajstić information content (AvgIpc) is 3.16. The van der Waals surface area contributed by atoms with Crippen molar-refractivity contribution in [3.8, 4) is 0 Å². The monoisotopic (exact) mass is 304 g/mol. The normalized spacial score (nSPS) is 14.9. The largest absolute Gasteiger partial charge is 0.354 e. The molecule has 0 saturated heterocycles. The van der Waals surface area contributed by atoms with Gasteiger partial charge in [0.25, 0.3) is 0 Å². The van der Waals surface area contributed by atoms with Crippen LogP contribution in [0.15, 0.2) is 11.4 Å². The van der Waals surface area contributed by atoms with Gasteiger partial charge in [-0.2, -0.15) is 4.98 Å². The molecule has 0 unspecified atom stereocenters. The van der Waals surface area contributed by atoms with Crippen LogP contribution < -0.4 is 10.2 Å². The van der Waals surface area contributed by atoms with E-state index in [-0.39, 0.29) is 0 Å². The van der Waals surface area contributed by atoms with Gasteiger partial charge in [0, 0.05) is 19.1 Å². The van der Waals surface area contributed by atoms with Crippen molar-refractivity contribution >= 4 is 33.3 Å². The van der Waals surface area contributed by atoms with E-state index in [0.717, 1.165) is 35.6 Å². The Morgan fingerprint density at radius 2 is 2.19 bits per heavy atom. The molecule has 114 valence electrons. The van der Waals surface area contributed by atoms with E-state index in [0.29, 0.717) is 6.04 Å². The summed E-state index contributed by atoms with van der Waals surface area (Å²) < 4.78 is 0. The van der Waals surface area contributed by atoms with E-state index in [9.17, 15) is 0 Å². The topological polar surface area (TPSA) is 41.1 Å². The molecule has 0 aromatic carbocycles. The highest BCUT2D eigenvalue weighted by Gasteiger charge is 2.31. The summed E-state index contributed by atoms with van der Waals surface area (Å²) in [5.41, 5.74) is 0. The third-order valence-electron chi connectivity index (χ3n) is 3.85. The zero-order chi connectivity index (χ0) is 14.8. The van der Waals surface area contributed by atoms with Crippen LogP contribution in [0.4, 0.5) is 11.8 Å². The Morgan fingerprint density at radius 3 is 2.86 bits per heavy atom. The van der Waals surface area contributed by atoms with Gasteiger partial charge < -0.3 is 10.2 Å². The molecule has 0 spiro atoms. The molecule has 0 amide bonds. The SMILES string of the molecule is CCNc1nc(N(CCC(C)C)C2CC2)c2ccsc2n1. The highest BCUT2D eigenvalue weighted by molar-refractivity contribution is 7.16. The Labute approximate surface area is 130 Å². The lowest BCUT2D eigenvalue weighted by Gasteiger charge is -2.25. The molecular formula is C16H24N4S. The molecule has 1 aliphatic carbocycles. The highest BCUT2D eigenvalue weighted by Crippen LogP contribution is 2.36. The average molecular weight is 304 g/mol. The first-order valence-electron chi connectivity index (χ1n) is 7.94. The fourth-order valence-electron chi connectivity index (χ4n) is 2.54. The Balaban J connectivity index is 1.96. The second-order valence-corrected chi connectivity index (χ2v) is 7.04. The number of aromatic nitrogens is 2. The van der Waals surface area contributed by atoms with Crippen LogP contribution in [-0.2, 0) is 0 Å². The summed E-state index contributed by atoms with van der Waals surface area (Å²) in [6.07, 6.45) is 3.80. The van der Waals surface area contributed by atoms with Crippen molar-refractivity contribution in [2.45, 2.75) is 46.1 Å². The summed E-state index contributed by atoms with van der Waals surface area (Å²) in [5, 5.41) is 6.59. The first-order valence-corrected chi connectivity index (χ1v) is 8.82. The minimum Gasteiger partial charge on any atom is -0.354 e. The van der Waals surface area contributed by atoms with Gasteiger partial charge in [-0.25, -0.2) is 4.98 Å². The molecular weight excluding hydrogens is 280 g/mol. The van der Waals surface area contributed by atoms with Crippen molar-refractivity contribution < 1.29 is 0 Å². The maximum Gasteiger partial charge on any atom is 0.226 e. The quantitative estimate of drug-likeness (QED) is 0.834. The zero-order valence-corrected chi connectivity index (χ0v) is 13.9. The number of rotatable bonds is 7. The lowest BCUT2D eigenvalue weighted by Crippen LogP contribution is -2.29. The van der Waals surface area contributed by atoms with Crippen molar-refractivity contribution in [3.05, 3.63) is 11.4 Å². The number of hydrogen-bond donors (Lipinski definition) is 1. The van der Waals surface area contributed by atoms with E-state index in [1.807, 2.05) is 0 Å². The van der Waals surface area contributed by atoms with E-state index in [2.05, 4.69) is 47.4 Å². The summed E-state index contributed by atoms with van der Waals surface area (Å²) in [4.78, 5) is 13.0. The molecule has 4 nitrogen and oxygen atoms in total.